The van der Waals surface area contributed by atoms with Crippen LogP contribution in [0, 0.1) is 11.8 Å². The third kappa shape index (κ3) is 4.49. The summed E-state index contributed by atoms with van der Waals surface area (Å²) in [5, 5.41) is 62.2. The van der Waals surface area contributed by atoms with Crippen LogP contribution in [-0.2, 0) is 14.4 Å². The number of amides is 2. The first-order chi connectivity index (χ1) is 19.2. The second-order valence-corrected chi connectivity index (χ2v) is 11.1. The molecule has 0 fully saturated rings. The molecule has 0 aliphatic heterocycles. The van der Waals surface area contributed by atoms with Crippen molar-refractivity contribution < 1.29 is 44.7 Å². The maximum Gasteiger partial charge on any atom is 0.255 e. The molecule has 0 spiro atoms. The van der Waals surface area contributed by atoms with E-state index in [9.17, 15) is 44.7 Å². The highest BCUT2D eigenvalue weighted by Gasteiger charge is 2.67. The van der Waals surface area contributed by atoms with Crippen molar-refractivity contribution in [2.24, 2.45) is 17.6 Å². The largest absolute Gasteiger partial charge is 0.510 e. The summed E-state index contributed by atoms with van der Waals surface area (Å²) in [4.78, 5) is 53.2. The van der Waals surface area contributed by atoms with E-state index in [0.29, 0.717) is 12.1 Å². The SMILES string of the molecule is CCCCNCC(=O)Nc1ccc2c(c1O)C(=O)C1=C(O)C3(O)C(=O)C(C(N)=O)=C(O)[C@@H](N(C)C)C3C(O)C1C2C. The summed E-state index contributed by atoms with van der Waals surface area (Å²) in [6.45, 7) is 4.23. The number of likely N-dealkylation sites (N-methyl/N-ethyl adjacent to an activating group) is 1. The molecule has 1 aromatic rings. The first kappa shape index (κ1) is 30.2. The average molecular weight is 573 g/mol. The molecule has 0 heterocycles. The first-order valence-corrected chi connectivity index (χ1v) is 13.4. The molecule has 0 bridgehead atoms. The fourth-order valence-electron chi connectivity index (χ4n) is 6.42. The lowest BCUT2D eigenvalue weighted by atomic mass is 9.55. The topological polar surface area (TPSA) is 223 Å². The minimum Gasteiger partial charge on any atom is -0.510 e. The van der Waals surface area contributed by atoms with Gasteiger partial charge in [-0.1, -0.05) is 26.3 Å². The Hall–Kier alpha value is -3.78. The number of Topliss-reactive ketones (excluding diaryl/α,β-unsaturated/α-hetero) is 2. The molecule has 4 rings (SSSR count). The number of aliphatic hydroxyl groups excluding tert-OH is 3. The van der Waals surface area contributed by atoms with Crippen molar-refractivity contribution in [1.29, 1.82) is 0 Å². The maximum atomic E-state index is 13.9. The molecule has 9 N–H and O–H groups in total. The second kappa shape index (κ2) is 10.9. The minimum atomic E-state index is -2.99. The Morgan fingerprint density at radius 2 is 1.80 bits per heavy atom. The van der Waals surface area contributed by atoms with Gasteiger partial charge in [-0.3, -0.25) is 24.1 Å². The molecule has 0 saturated heterocycles. The van der Waals surface area contributed by atoms with E-state index in [0.717, 1.165) is 12.8 Å². The maximum absolute atomic E-state index is 13.9. The van der Waals surface area contributed by atoms with Gasteiger partial charge in [-0.25, -0.2) is 0 Å². The van der Waals surface area contributed by atoms with E-state index in [-0.39, 0.29) is 17.8 Å². The van der Waals surface area contributed by atoms with Crippen molar-refractivity contribution in [2.45, 2.75) is 50.4 Å². The molecular formula is C28H36N4O9. The van der Waals surface area contributed by atoms with E-state index in [1.54, 1.807) is 6.92 Å². The summed E-state index contributed by atoms with van der Waals surface area (Å²) in [5.74, 6) is -10.2. The lowest BCUT2D eigenvalue weighted by Gasteiger charge is -2.53. The number of phenols is 1. The molecule has 0 radical (unpaired) electrons. The average Bonchev–Trinajstić information content (AvgIpc) is 2.89. The van der Waals surface area contributed by atoms with Gasteiger partial charge < -0.3 is 41.9 Å². The number of hydrogen-bond acceptors (Lipinski definition) is 11. The van der Waals surface area contributed by atoms with Crippen molar-refractivity contribution in [2.75, 3.05) is 32.5 Å². The number of ketones is 2. The number of hydrogen-bond donors (Lipinski definition) is 8. The summed E-state index contributed by atoms with van der Waals surface area (Å²) in [5.41, 5.74) is 0.821. The van der Waals surface area contributed by atoms with Crippen molar-refractivity contribution in [1.82, 2.24) is 10.2 Å². The molecule has 0 saturated carbocycles. The van der Waals surface area contributed by atoms with Gasteiger partial charge in [0.15, 0.2) is 17.1 Å². The number of carbonyl (C=O) groups excluding carboxylic acids is 4. The molecule has 3 aliphatic carbocycles. The van der Waals surface area contributed by atoms with Crippen LogP contribution in [0.1, 0.15) is 48.5 Å². The zero-order valence-electron chi connectivity index (χ0n) is 23.3. The van der Waals surface area contributed by atoms with E-state index < -0.39 is 87.3 Å². The summed E-state index contributed by atoms with van der Waals surface area (Å²) in [6, 6.07) is 1.60. The molecule has 6 atom stereocenters. The van der Waals surface area contributed by atoms with E-state index in [2.05, 4.69) is 10.6 Å². The van der Waals surface area contributed by atoms with Crippen LogP contribution in [0.15, 0.2) is 34.8 Å². The fourth-order valence-corrected chi connectivity index (χ4v) is 6.42. The molecular weight excluding hydrogens is 536 g/mol. The van der Waals surface area contributed by atoms with E-state index in [4.69, 9.17) is 5.73 Å². The van der Waals surface area contributed by atoms with Crippen LogP contribution >= 0.6 is 0 Å². The highest BCUT2D eigenvalue weighted by atomic mass is 16.4. The Bertz CT molecular complexity index is 1380. The van der Waals surface area contributed by atoms with Crippen molar-refractivity contribution in [3.63, 3.8) is 0 Å². The molecule has 2 amide bonds. The number of rotatable bonds is 8. The number of benzene rings is 1. The highest BCUT2D eigenvalue weighted by Crippen LogP contribution is 2.56. The predicted molar refractivity (Wildman–Crippen MR) is 146 cm³/mol. The van der Waals surface area contributed by atoms with E-state index in [1.165, 1.54) is 31.1 Å². The van der Waals surface area contributed by atoms with Crippen LogP contribution in [0.3, 0.4) is 0 Å². The van der Waals surface area contributed by atoms with E-state index >= 15 is 0 Å². The molecule has 0 aromatic heterocycles. The third-order valence-corrected chi connectivity index (χ3v) is 8.40. The highest BCUT2D eigenvalue weighted by molar-refractivity contribution is 6.25. The molecule has 13 heteroatoms. The van der Waals surface area contributed by atoms with Crippen LogP contribution in [0.25, 0.3) is 0 Å². The van der Waals surface area contributed by atoms with E-state index in [1.807, 2.05) is 6.92 Å². The van der Waals surface area contributed by atoms with Gasteiger partial charge in [-0.15, -0.1) is 0 Å². The van der Waals surface area contributed by atoms with Crippen LogP contribution in [-0.4, -0.2) is 98.7 Å². The van der Waals surface area contributed by atoms with Crippen molar-refractivity contribution in [3.8, 4) is 5.75 Å². The number of carbonyl (C=O) groups is 4. The number of phenolic OH excluding ortho intramolecular Hbond substituents is 1. The Morgan fingerprint density at radius 1 is 1.15 bits per heavy atom. The summed E-state index contributed by atoms with van der Waals surface area (Å²) < 4.78 is 0. The fraction of sp³-hybridized carbons (Fsp3) is 0.500. The van der Waals surface area contributed by atoms with Gasteiger partial charge in [0.2, 0.25) is 11.7 Å². The summed E-state index contributed by atoms with van der Waals surface area (Å²) in [7, 11) is 2.94. The molecule has 3 aliphatic rings. The number of fused-ring (bicyclic) bond motifs is 3. The smallest absolute Gasteiger partial charge is 0.255 e. The van der Waals surface area contributed by atoms with Crippen molar-refractivity contribution >= 4 is 29.1 Å². The number of nitrogens with two attached hydrogens (primary N) is 1. The van der Waals surface area contributed by atoms with Gasteiger partial charge in [-0.2, -0.15) is 0 Å². The van der Waals surface area contributed by atoms with Gasteiger partial charge >= 0.3 is 0 Å². The van der Waals surface area contributed by atoms with Crippen molar-refractivity contribution in [3.05, 3.63) is 45.9 Å². The van der Waals surface area contributed by atoms with Crippen LogP contribution in [0.5, 0.6) is 5.75 Å². The number of aromatic hydroxyl groups is 1. The third-order valence-electron chi connectivity index (χ3n) is 8.40. The lowest BCUT2D eigenvalue weighted by Crippen LogP contribution is -2.68. The number of unbranched alkanes of at least 4 members (excludes halogenated alkanes) is 1. The number of primary amides is 1. The van der Waals surface area contributed by atoms with Gasteiger partial charge in [0.05, 0.1) is 35.9 Å². The van der Waals surface area contributed by atoms with Gasteiger partial charge in [0.1, 0.15) is 17.1 Å². The monoisotopic (exact) mass is 572 g/mol. The van der Waals surface area contributed by atoms with Crippen LogP contribution in [0.4, 0.5) is 5.69 Å². The molecule has 222 valence electrons. The Balaban J connectivity index is 1.84. The van der Waals surface area contributed by atoms with Crippen LogP contribution < -0.4 is 16.4 Å². The van der Waals surface area contributed by atoms with Gasteiger partial charge in [0, 0.05) is 11.5 Å². The number of nitrogens with zero attached hydrogens (tertiary/aromatic N) is 1. The number of anilines is 1. The number of nitrogens with one attached hydrogen (secondary N) is 2. The molecule has 1 aromatic carbocycles. The quantitative estimate of drug-likeness (QED) is 0.117. The zero-order valence-corrected chi connectivity index (χ0v) is 23.3. The standard InChI is InChI=1S/C28H36N4O9/c1-5-6-9-30-10-14(33)31-13-8-7-12-11(2)15-17(22(35)16(12)21(13)34)25(38)28(41)19(23(15)36)20(32(3)4)24(37)18(26(28)39)27(29)40/h7-8,11,15,19-20,23,30,34,36-38,41H,5-6,9-10H2,1-4H3,(H2,29,40)(H,31,33)/t11?,15?,19?,20-,23?,28?/m0/s1. The normalized spacial score (nSPS) is 29.3. The Kier molecular flexibility index (Phi) is 8.02. The summed E-state index contributed by atoms with van der Waals surface area (Å²) in [6.07, 6.45) is 0.135. The Morgan fingerprint density at radius 3 is 2.39 bits per heavy atom. The lowest BCUT2D eigenvalue weighted by molar-refractivity contribution is -0.162. The minimum absolute atomic E-state index is 0.0345. The van der Waals surface area contributed by atoms with Crippen LogP contribution in [0.2, 0.25) is 0 Å². The zero-order chi connectivity index (χ0) is 30.5. The molecule has 41 heavy (non-hydrogen) atoms. The predicted octanol–water partition coefficient (Wildman–Crippen LogP) is -0.0194. The van der Waals surface area contributed by atoms with Gasteiger partial charge in [-0.05, 0) is 44.6 Å². The second-order valence-electron chi connectivity index (χ2n) is 11.1. The first-order valence-electron chi connectivity index (χ1n) is 13.4. The summed E-state index contributed by atoms with van der Waals surface area (Å²) >= 11 is 0. The molecule has 5 unspecified atom stereocenters. The number of aliphatic hydroxyl groups is 4. The Labute approximate surface area is 236 Å². The van der Waals surface area contributed by atoms with Gasteiger partial charge in [0.25, 0.3) is 5.91 Å². The molecule has 13 nitrogen and oxygen atoms in total.